The second kappa shape index (κ2) is 6.80. The molecule has 0 radical (unpaired) electrons. The number of ether oxygens (including phenoxy) is 1. The Hall–Kier alpha value is -1.75. The summed E-state index contributed by atoms with van der Waals surface area (Å²) in [5.41, 5.74) is 2.36. The first-order valence-electron chi connectivity index (χ1n) is 7.43. The number of benzene rings is 1. The van der Waals surface area contributed by atoms with Gasteiger partial charge in [0.05, 0.1) is 7.11 Å². The zero-order valence-electron chi connectivity index (χ0n) is 13.3. The normalized spacial score (nSPS) is 19.4. The van der Waals surface area contributed by atoms with Crippen molar-refractivity contribution in [3.05, 3.63) is 23.8 Å². The summed E-state index contributed by atoms with van der Waals surface area (Å²) in [6.07, 6.45) is 0.976. The number of rotatable bonds is 5. The fraction of sp³-hybridized carbons (Fsp3) is 0.562. The number of methoxy groups -OCH3 is 1. The molecule has 0 saturated carbocycles. The molecule has 2 unspecified atom stereocenters. The molecule has 0 aromatic heterocycles. The Labute approximate surface area is 126 Å². The van der Waals surface area contributed by atoms with Crippen molar-refractivity contribution in [1.29, 1.82) is 0 Å². The van der Waals surface area contributed by atoms with Crippen LogP contribution in [0.3, 0.4) is 0 Å². The zero-order chi connectivity index (χ0) is 15.4. The van der Waals surface area contributed by atoms with Gasteiger partial charge in [0.25, 0.3) is 0 Å². The first-order chi connectivity index (χ1) is 10.1. The Morgan fingerprint density at radius 3 is 2.86 bits per heavy atom. The quantitative estimate of drug-likeness (QED) is 0.867. The van der Waals surface area contributed by atoms with E-state index >= 15 is 0 Å². The summed E-state index contributed by atoms with van der Waals surface area (Å²) in [7, 11) is 3.65. The number of anilines is 1. The molecule has 1 aromatic carbocycles. The number of hydrogen-bond donors (Lipinski definition) is 2. The van der Waals surface area contributed by atoms with Crippen molar-refractivity contribution < 1.29 is 9.53 Å². The van der Waals surface area contributed by atoms with Crippen molar-refractivity contribution in [3.8, 4) is 5.75 Å². The summed E-state index contributed by atoms with van der Waals surface area (Å²) < 4.78 is 5.52. The van der Waals surface area contributed by atoms with E-state index in [0.717, 1.165) is 25.3 Å². The number of nitrogens with one attached hydrogen (secondary N) is 2. The fourth-order valence-corrected chi connectivity index (χ4v) is 2.95. The summed E-state index contributed by atoms with van der Waals surface area (Å²) in [5.74, 6) is 0.939. The van der Waals surface area contributed by atoms with E-state index in [2.05, 4.69) is 28.5 Å². The van der Waals surface area contributed by atoms with Gasteiger partial charge in [0.1, 0.15) is 5.75 Å². The number of hydrogen-bond acceptors (Lipinski definition) is 4. The van der Waals surface area contributed by atoms with Crippen LogP contribution < -0.4 is 20.3 Å². The molecule has 2 rings (SSSR count). The molecule has 0 aliphatic carbocycles. The van der Waals surface area contributed by atoms with E-state index in [1.807, 2.05) is 19.2 Å². The van der Waals surface area contributed by atoms with Gasteiger partial charge in [-0.2, -0.15) is 0 Å². The summed E-state index contributed by atoms with van der Waals surface area (Å²) >= 11 is 0. The van der Waals surface area contributed by atoms with E-state index in [0.29, 0.717) is 0 Å². The van der Waals surface area contributed by atoms with Crippen LogP contribution in [0.5, 0.6) is 5.75 Å². The number of carbonyl (C=O) groups is 1. The predicted octanol–water partition coefficient (Wildman–Crippen LogP) is 1.69. The van der Waals surface area contributed by atoms with Crippen molar-refractivity contribution in [3.63, 3.8) is 0 Å². The highest BCUT2D eigenvalue weighted by atomic mass is 16.5. The van der Waals surface area contributed by atoms with Crippen molar-refractivity contribution in [2.24, 2.45) is 0 Å². The standard InChI is InChI=1S/C16H25N3O2/c1-11(17-3)16-14(6-5-7-15(16)21-4)19-9-8-13(10-19)18-12(2)20/h5-7,11,13,17H,8-10H2,1-4H3,(H,18,20). The summed E-state index contributed by atoms with van der Waals surface area (Å²) in [5, 5.41) is 6.29. The van der Waals surface area contributed by atoms with Crippen LogP contribution in [0.1, 0.15) is 31.9 Å². The first-order valence-corrected chi connectivity index (χ1v) is 7.43. The highest BCUT2D eigenvalue weighted by Gasteiger charge is 2.27. The number of amides is 1. The molecule has 1 aliphatic heterocycles. The Bertz CT molecular complexity index is 504. The molecule has 0 spiro atoms. The molecular formula is C16H25N3O2. The summed E-state index contributed by atoms with van der Waals surface area (Å²) in [6.45, 7) is 5.49. The third-order valence-electron chi connectivity index (χ3n) is 4.07. The Morgan fingerprint density at radius 1 is 1.48 bits per heavy atom. The Balaban J connectivity index is 2.26. The van der Waals surface area contributed by atoms with Gasteiger partial charge in [0, 0.05) is 43.3 Å². The molecule has 21 heavy (non-hydrogen) atoms. The minimum Gasteiger partial charge on any atom is -0.496 e. The van der Waals surface area contributed by atoms with Crippen molar-refractivity contribution >= 4 is 11.6 Å². The van der Waals surface area contributed by atoms with Crippen LogP contribution >= 0.6 is 0 Å². The third-order valence-corrected chi connectivity index (χ3v) is 4.07. The van der Waals surface area contributed by atoms with E-state index in [9.17, 15) is 4.79 Å². The predicted molar refractivity (Wildman–Crippen MR) is 84.9 cm³/mol. The van der Waals surface area contributed by atoms with Crippen molar-refractivity contribution in [2.75, 3.05) is 32.1 Å². The van der Waals surface area contributed by atoms with Gasteiger partial charge in [-0.3, -0.25) is 4.79 Å². The summed E-state index contributed by atoms with van der Waals surface area (Å²) in [6, 6.07) is 6.57. The average molecular weight is 291 g/mol. The molecule has 1 fully saturated rings. The van der Waals surface area contributed by atoms with Crippen LogP contribution in [0.15, 0.2) is 18.2 Å². The molecule has 116 valence electrons. The monoisotopic (exact) mass is 291 g/mol. The van der Waals surface area contributed by atoms with Crippen LogP contribution in [-0.2, 0) is 4.79 Å². The van der Waals surface area contributed by atoms with Crippen LogP contribution in [0.4, 0.5) is 5.69 Å². The molecule has 1 heterocycles. The van der Waals surface area contributed by atoms with Crippen LogP contribution in [0.2, 0.25) is 0 Å². The second-order valence-corrected chi connectivity index (χ2v) is 5.54. The average Bonchev–Trinajstić information content (AvgIpc) is 2.93. The Morgan fingerprint density at radius 2 is 2.24 bits per heavy atom. The molecule has 1 aliphatic rings. The largest absolute Gasteiger partial charge is 0.496 e. The molecule has 2 atom stereocenters. The Kier molecular flexibility index (Phi) is 5.07. The molecule has 2 N–H and O–H groups in total. The topological polar surface area (TPSA) is 53.6 Å². The first kappa shape index (κ1) is 15.6. The lowest BCUT2D eigenvalue weighted by molar-refractivity contribution is -0.119. The maximum atomic E-state index is 11.2. The molecule has 5 nitrogen and oxygen atoms in total. The minimum absolute atomic E-state index is 0.0382. The van der Waals surface area contributed by atoms with Gasteiger partial charge in [-0.05, 0) is 32.5 Å². The fourth-order valence-electron chi connectivity index (χ4n) is 2.95. The molecule has 1 saturated heterocycles. The molecule has 5 heteroatoms. The smallest absolute Gasteiger partial charge is 0.217 e. The van der Waals surface area contributed by atoms with Gasteiger partial charge < -0.3 is 20.3 Å². The number of carbonyl (C=O) groups excluding carboxylic acids is 1. The SMILES string of the molecule is CNC(C)c1c(OC)cccc1N1CCC(NC(C)=O)C1. The van der Waals surface area contributed by atoms with Gasteiger partial charge in [0.2, 0.25) is 5.91 Å². The molecule has 1 aromatic rings. The summed E-state index contributed by atoms with van der Waals surface area (Å²) in [4.78, 5) is 13.5. The highest BCUT2D eigenvalue weighted by molar-refractivity contribution is 5.73. The second-order valence-electron chi connectivity index (χ2n) is 5.54. The van der Waals surface area contributed by atoms with Gasteiger partial charge in [0.15, 0.2) is 0 Å². The van der Waals surface area contributed by atoms with Crippen LogP contribution in [0.25, 0.3) is 0 Å². The minimum atomic E-state index is 0.0382. The lowest BCUT2D eigenvalue weighted by atomic mass is 10.0. The van der Waals surface area contributed by atoms with Gasteiger partial charge in [-0.1, -0.05) is 6.07 Å². The lowest BCUT2D eigenvalue weighted by Crippen LogP contribution is -2.35. The molecular weight excluding hydrogens is 266 g/mol. The van der Waals surface area contributed by atoms with Crippen LogP contribution in [0, 0.1) is 0 Å². The van der Waals surface area contributed by atoms with E-state index in [1.54, 1.807) is 14.0 Å². The van der Waals surface area contributed by atoms with Crippen LogP contribution in [-0.4, -0.2) is 39.2 Å². The number of nitrogens with zero attached hydrogens (tertiary/aromatic N) is 1. The maximum absolute atomic E-state index is 11.2. The zero-order valence-corrected chi connectivity index (χ0v) is 13.3. The highest BCUT2D eigenvalue weighted by Crippen LogP contribution is 2.35. The maximum Gasteiger partial charge on any atom is 0.217 e. The lowest BCUT2D eigenvalue weighted by Gasteiger charge is -2.26. The van der Waals surface area contributed by atoms with E-state index in [-0.39, 0.29) is 18.0 Å². The third kappa shape index (κ3) is 3.47. The van der Waals surface area contributed by atoms with Crippen molar-refractivity contribution in [2.45, 2.75) is 32.4 Å². The molecule has 0 bridgehead atoms. The van der Waals surface area contributed by atoms with E-state index in [4.69, 9.17) is 4.74 Å². The van der Waals surface area contributed by atoms with Gasteiger partial charge in [-0.25, -0.2) is 0 Å². The van der Waals surface area contributed by atoms with E-state index in [1.165, 1.54) is 11.3 Å². The van der Waals surface area contributed by atoms with E-state index < -0.39 is 0 Å². The molecule has 1 amide bonds. The van der Waals surface area contributed by atoms with Gasteiger partial charge >= 0.3 is 0 Å². The van der Waals surface area contributed by atoms with Crippen molar-refractivity contribution in [1.82, 2.24) is 10.6 Å². The van der Waals surface area contributed by atoms with Gasteiger partial charge in [-0.15, -0.1) is 0 Å².